The van der Waals surface area contributed by atoms with Crippen LogP contribution in [0.1, 0.15) is 12.8 Å². The molecule has 5 nitrogen and oxygen atoms in total. The lowest BCUT2D eigenvalue weighted by atomic mass is 9.96. The highest BCUT2D eigenvalue weighted by atomic mass is 19.1. The molecule has 142 valence electrons. The first kappa shape index (κ1) is 19.0. The van der Waals surface area contributed by atoms with Gasteiger partial charge in [-0.25, -0.2) is 8.78 Å². The third-order valence-corrected chi connectivity index (χ3v) is 4.57. The summed E-state index contributed by atoms with van der Waals surface area (Å²) in [5, 5.41) is 5.53. The van der Waals surface area contributed by atoms with E-state index in [1.165, 1.54) is 48.5 Å². The van der Waals surface area contributed by atoms with Crippen LogP contribution in [-0.4, -0.2) is 36.3 Å². The Bertz CT molecular complexity index is 786. The minimum absolute atomic E-state index is 0.0861. The largest absolute Gasteiger partial charge is 0.326 e. The zero-order valence-corrected chi connectivity index (χ0v) is 14.8. The molecule has 0 unspecified atom stereocenters. The van der Waals surface area contributed by atoms with E-state index in [-0.39, 0.29) is 35.9 Å². The van der Waals surface area contributed by atoms with Crippen molar-refractivity contribution in [3.63, 3.8) is 0 Å². The van der Waals surface area contributed by atoms with Gasteiger partial charge in [0.25, 0.3) is 0 Å². The first-order valence-corrected chi connectivity index (χ1v) is 8.84. The highest BCUT2D eigenvalue weighted by Gasteiger charge is 2.26. The summed E-state index contributed by atoms with van der Waals surface area (Å²) in [6.45, 7) is 1.50. The van der Waals surface area contributed by atoms with Crippen molar-refractivity contribution in [2.75, 3.05) is 30.3 Å². The molecule has 2 aromatic carbocycles. The molecule has 2 amide bonds. The van der Waals surface area contributed by atoms with Crippen LogP contribution in [-0.2, 0) is 9.59 Å². The van der Waals surface area contributed by atoms with Crippen LogP contribution < -0.4 is 10.6 Å². The van der Waals surface area contributed by atoms with E-state index >= 15 is 0 Å². The van der Waals surface area contributed by atoms with Gasteiger partial charge in [-0.2, -0.15) is 0 Å². The lowest BCUT2D eigenvalue weighted by Crippen LogP contribution is -2.41. The van der Waals surface area contributed by atoms with E-state index in [9.17, 15) is 18.4 Å². The van der Waals surface area contributed by atoms with Gasteiger partial charge in [0.2, 0.25) is 11.8 Å². The molecule has 0 saturated carbocycles. The summed E-state index contributed by atoms with van der Waals surface area (Å²) in [6.07, 6.45) is 1.30. The summed E-state index contributed by atoms with van der Waals surface area (Å²) in [4.78, 5) is 26.4. The molecule has 27 heavy (non-hydrogen) atoms. The SMILES string of the molecule is O=C(CN1CCC(C(=O)Nc2ccc(F)cc2)CC1)Nc1ccc(F)cc1. The average molecular weight is 373 g/mol. The number of likely N-dealkylation sites (tertiary alicyclic amines) is 1. The fourth-order valence-corrected chi connectivity index (χ4v) is 3.07. The van der Waals surface area contributed by atoms with Crippen LogP contribution in [0.3, 0.4) is 0 Å². The van der Waals surface area contributed by atoms with Crippen LogP contribution in [0.5, 0.6) is 0 Å². The molecule has 0 radical (unpaired) electrons. The number of piperidine rings is 1. The van der Waals surface area contributed by atoms with Crippen molar-refractivity contribution in [1.82, 2.24) is 4.90 Å². The zero-order valence-electron chi connectivity index (χ0n) is 14.8. The Labute approximate surface area is 156 Å². The quantitative estimate of drug-likeness (QED) is 0.846. The molecule has 0 aromatic heterocycles. The molecule has 2 aromatic rings. The third kappa shape index (κ3) is 5.59. The van der Waals surface area contributed by atoms with Crippen LogP contribution in [0, 0.1) is 17.6 Å². The smallest absolute Gasteiger partial charge is 0.238 e. The molecule has 3 rings (SSSR count). The second-order valence-electron chi connectivity index (χ2n) is 6.60. The van der Waals surface area contributed by atoms with Crippen LogP contribution in [0.15, 0.2) is 48.5 Å². The third-order valence-electron chi connectivity index (χ3n) is 4.57. The highest BCUT2D eigenvalue weighted by Crippen LogP contribution is 2.20. The molecule has 0 aliphatic carbocycles. The van der Waals surface area contributed by atoms with Gasteiger partial charge in [-0.15, -0.1) is 0 Å². The normalized spacial score (nSPS) is 15.3. The second-order valence-corrected chi connectivity index (χ2v) is 6.60. The Balaban J connectivity index is 1.42. The van der Waals surface area contributed by atoms with Gasteiger partial charge in [0.05, 0.1) is 6.54 Å². The van der Waals surface area contributed by atoms with Gasteiger partial charge in [0.1, 0.15) is 11.6 Å². The number of nitrogens with zero attached hydrogens (tertiary/aromatic N) is 1. The molecule has 0 spiro atoms. The topological polar surface area (TPSA) is 61.4 Å². The van der Waals surface area contributed by atoms with E-state index in [2.05, 4.69) is 10.6 Å². The number of hydrogen-bond acceptors (Lipinski definition) is 3. The van der Waals surface area contributed by atoms with E-state index < -0.39 is 0 Å². The van der Waals surface area contributed by atoms with Crippen LogP contribution in [0.25, 0.3) is 0 Å². The molecular formula is C20H21F2N3O2. The Kier molecular flexibility index (Phi) is 6.13. The van der Waals surface area contributed by atoms with Gasteiger partial charge >= 0.3 is 0 Å². The van der Waals surface area contributed by atoms with E-state index in [0.717, 1.165) is 0 Å². The first-order chi connectivity index (χ1) is 13.0. The minimum Gasteiger partial charge on any atom is -0.326 e. The number of hydrogen-bond donors (Lipinski definition) is 2. The van der Waals surface area contributed by atoms with Crippen molar-refractivity contribution in [3.8, 4) is 0 Å². The van der Waals surface area contributed by atoms with E-state index in [1.807, 2.05) is 4.90 Å². The summed E-state index contributed by atoms with van der Waals surface area (Å²) >= 11 is 0. The summed E-state index contributed by atoms with van der Waals surface area (Å²) in [5.41, 5.74) is 1.12. The molecule has 7 heteroatoms. The Morgan fingerprint density at radius 1 is 0.852 bits per heavy atom. The average Bonchev–Trinajstić information content (AvgIpc) is 2.66. The predicted octanol–water partition coefficient (Wildman–Crippen LogP) is 3.25. The summed E-state index contributed by atoms with van der Waals surface area (Å²) in [5.74, 6) is -1.09. The monoisotopic (exact) mass is 373 g/mol. The molecule has 1 aliphatic rings. The van der Waals surface area contributed by atoms with Gasteiger partial charge in [-0.3, -0.25) is 14.5 Å². The van der Waals surface area contributed by atoms with Crippen LogP contribution in [0.2, 0.25) is 0 Å². The summed E-state index contributed by atoms with van der Waals surface area (Å²) in [7, 11) is 0. The van der Waals surface area contributed by atoms with Gasteiger partial charge in [0, 0.05) is 17.3 Å². The number of anilines is 2. The van der Waals surface area contributed by atoms with Crippen molar-refractivity contribution in [1.29, 1.82) is 0 Å². The lowest BCUT2D eigenvalue weighted by Gasteiger charge is -2.30. The first-order valence-electron chi connectivity index (χ1n) is 8.84. The van der Waals surface area contributed by atoms with Crippen molar-refractivity contribution < 1.29 is 18.4 Å². The predicted molar refractivity (Wildman–Crippen MR) is 99.2 cm³/mol. The van der Waals surface area contributed by atoms with E-state index in [0.29, 0.717) is 37.3 Å². The molecule has 2 N–H and O–H groups in total. The Morgan fingerprint density at radius 3 is 1.85 bits per heavy atom. The molecule has 1 heterocycles. The highest BCUT2D eigenvalue weighted by molar-refractivity contribution is 5.93. The van der Waals surface area contributed by atoms with Gasteiger partial charge in [-0.1, -0.05) is 0 Å². The van der Waals surface area contributed by atoms with Crippen LogP contribution in [0.4, 0.5) is 20.2 Å². The van der Waals surface area contributed by atoms with E-state index in [1.54, 1.807) is 0 Å². The Hall–Kier alpha value is -2.80. The maximum atomic E-state index is 12.9. The van der Waals surface area contributed by atoms with Gasteiger partial charge < -0.3 is 10.6 Å². The molecule has 1 aliphatic heterocycles. The standard InChI is InChI=1S/C20H21F2N3O2/c21-15-1-5-17(6-2-15)23-19(26)13-25-11-9-14(10-12-25)20(27)24-18-7-3-16(22)4-8-18/h1-8,14H,9-13H2,(H,23,26)(H,24,27). The van der Waals surface area contributed by atoms with Gasteiger partial charge in [-0.05, 0) is 74.5 Å². The summed E-state index contributed by atoms with van der Waals surface area (Å²) < 4.78 is 25.8. The number of carbonyl (C=O) groups is 2. The number of halogens is 2. The van der Waals surface area contributed by atoms with Crippen LogP contribution >= 0.6 is 0 Å². The maximum Gasteiger partial charge on any atom is 0.238 e. The van der Waals surface area contributed by atoms with Crippen molar-refractivity contribution in [2.24, 2.45) is 5.92 Å². The number of nitrogens with one attached hydrogen (secondary N) is 2. The Morgan fingerprint density at radius 2 is 1.33 bits per heavy atom. The van der Waals surface area contributed by atoms with Crippen molar-refractivity contribution >= 4 is 23.2 Å². The second kappa shape index (κ2) is 8.73. The molecule has 1 fully saturated rings. The fraction of sp³-hybridized carbons (Fsp3) is 0.300. The number of benzene rings is 2. The molecule has 1 saturated heterocycles. The van der Waals surface area contributed by atoms with Gasteiger partial charge in [0.15, 0.2) is 0 Å². The van der Waals surface area contributed by atoms with Crippen molar-refractivity contribution in [3.05, 3.63) is 60.2 Å². The fourth-order valence-electron chi connectivity index (χ4n) is 3.07. The molecular weight excluding hydrogens is 352 g/mol. The zero-order chi connectivity index (χ0) is 19.2. The number of carbonyl (C=O) groups excluding carboxylic acids is 2. The maximum absolute atomic E-state index is 12.9. The van der Waals surface area contributed by atoms with Crippen molar-refractivity contribution in [2.45, 2.75) is 12.8 Å². The minimum atomic E-state index is -0.353. The summed E-state index contributed by atoms with van der Waals surface area (Å²) in [6, 6.07) is 11.3. The lowest BCUT2D eigenvalue weighted by molar-refractivity contribution is -0.121. The molecule has 0 bridgehead atoms. The molecule has 0 atom stereocenters. The van der Waals surface area contributed by atoms with E-state index in [4.69, 9.17) is 0 Å². The number of rotatable bonds is 5. The number of amides is 2.